The third kappa shape index (κ3) is 8.74. The van der Waals surface area contributed by atoms with Gasteiger partial charge in [-0.3, -0.25) is 4.79 Å². The predicted octanol–water partition coefficient (Wildman–Crippen LogP) is 4.25. The minimum atomic E-state index is 0. The predicted molar refractivity (Wildman–Crippen MR) is 90.8 cm³/mol. The maximum absolute atomic E-state index is 12.0. The van der Waals surface area contributed by atoms with Gasteiger partial charge in [0.2, 0.25) is 0 Å². The van der Waals surface area contributed by atoms with Crippen molar-refractivity contribution < 1.29 is 9.53 Å². The number of halogens is 1. The summed E-state index contributed by atoms with van der Waals surface area (Å²) in [6.45, 7) is 7.81. The highest BCUT2D eigenvalue weighted by molar-refractivity contribution is 5.96. The molecule has 0 saturated heterocycles. The zero-order chi connectivity index (χ0) is 14.8. The van der Waals surface area contributed by atoms with Crippen LogP contribution in [0.15, 0.2) is 24.3 Å². The Hall–Kier alpha value is -1.06. The molecule has 1 aromatic carbocycles. The van der Waals surface area contributed by atoms with E-state index in [1.807, 2.05) is 24.3 Å². The zero-order valence-electron chi connectivity index (χ0n) is 13.4. The second-order valence-corrected chi connectivity index (χ2v) is 5.36. The molecule has 1 aromatic rings. The van der Waals surface area contributed by atoms with Crippen molar-refractivity contribution in [3.8, 4) is 5.75 Å². The average molecular weight is 314 g/mol. The summed E-state index contributed by atoms with van der Waals surface area (Å²) in [5.41, 5.74) is 0.761. The van der Waals surface area contributed by atoms with Crippen LogP contribution in [0.4, 0.5) is 0 Å². The number of nitrogens with one attached hydrogen (secondary N) is 1. The average Bonchev–Trinajstić information content (AvgIpc) is 2.44. The number of hydrogen-bond donors (Lipinski definition) is 1. The molecule has 0 radical (unpaired) electrons. The summed E-state index contributed by atoms with van der Waals surface area (Å²) in [6, 6.07) is 7.89. The number of ether oxygens (including phenoxy) is 1. The van der Waals surface area contributed by atoms with Crippen molar-refractivity contribution in [2.45, 2.75) is 52.5 Å². The Labute approximate surface area is 134 Å². The maximum Gasteiger partial charge on any atom is 0.164 e. The van der Waals surface area contributed by atoms with Crippen molar-refractivity contribution in [3.05, 3.63) is 29.8 Å². The lowest BCUT2D eigenvalue weighted by Gasteiger charge is -2.08. The van der Waals surface area contributed by atoms with Gasteiger partial charge in [0.25, 0.3) is 0 Å². The molecule has 0 amide bonds. The van der Waals surface area contributed by atoms with Crippen LogP contribution in [-0.2, 0) is 0 Å². The fourth-order valence-corrected chi connectivity index (χ4v) is 1.90. The van der Waals surface area contributed by atoms with Crippen molar-refractivity contribution in [1.82, 2.24) is 5.32 Å². The van der Waals surface area contributed by atoms with E-state index in [1.54, 1.807) is 0 Å². The summed E-state index contributed by atoms with van der Waals surface area (Å²) < 4.78 is 5.63. The number of benzene rings is 1. The first kappa shape index (κ1) is 19.9. The van der Waals surface area contributed by atoms with Gasteiger partial charge in [0.15, 0.2) is 5.78 Å². The number of carbonyl (C=O) groups is 1. The summed E-state index contributed by atoms with van der Waals surface area (Å²) in [6.07, 6.45) is 4.01. The number of carbonyl (C=O) groups excluding carboxylic acids is 1. The molecule has 0 saturated carbocycles. The Morgan fingerprint density at radius 2 is 1.86 bits per heavy atom. The molecule has 4 heteroatoms. The molecule has 0 unspecified atom stereocenters. The zero-order valence-corrected chi connectivity index (χ0v) is 14.2. The number of ketones is 1. The van der Waals surface area contributed by atoms with E-state index in [0.29, 0.717) is 12.5 Å². The van der Waals surface area contributed by atoms with E-state index in [9.17, 15) is 4.79 Å². The summed E-state index contributed by atoms with van der Waals surface area (Å²) in [7, 11) is 0. The topological polar surface area (TPSA) is 38.3 Å². The Balaban J connectivity index is 0.00000400. The van der Waals surface area contributed by atoms with Gasteiger partial charge in [0, 0.05) is 24.6 Å². The lowest BCUT2D eigenvalue weighted by atomic mass is 10.1. The Kier molecular flexibility index (Phi) is 11.0. The van der Waals surface area contributed by atoms with Gasteiger partial charge in [-0.2, -0.15) is 0 Å². The first-order chi connectivity index (χ1) is 9.63. The SMILES string of the molecule is CCCCCOc1ccc(C(=O)CCNC(C)C)cc1.Cl. The van der Waals surface area contributed by atoms with Gasteiger partial charge in [0.1, 0.15) is 5.75 Å². The largest absolute Gasteiger partial charge is 0.494 e. The normalized spacial score (nSPS) is 10.3. The van der Waals surface area contributed by atoms with Gasteiger partial charge in [0.05, 0.1) is 6.61 Å². The molecular weight excluding hydrogens is 286 g/mol. The van der Waals surface area contributed by atoms with E-state index in [4.69, 9.17) is 4.74 Å². The van der Waals surface area contributed by atoms with Gasteiger partial charge >= 0.3 is 0 Å². The smallest absolute Gasteiger partial charge is 0.164 e. The van der Waals surface area contributed by atoms with Crippen LogP contribution in [0.2, 0.25) is 0 Å². The van der Waals surface area contributed by atoms with Crippen LogP contribution in [0.5, 0.6) is 5.75 Å². The molecule has 21 heavy (non-hydrogen) atoms. The van der Waals surface area contributed by atoms with Crippen LogP contribution < -0.4 is 10.1 Å². The molecule has 120 valence electrons. The van der Waals surface area contributed by atoms with E-state index in [-0.39, 0.29) is 18.2 Å². The first-order valence-electron chi connectivity index (χ1n) is 7.63. The van der Waals surface area contributed by atoms with Crippen LogP contribution >= 0.6 is 12.4 Å². The van der Waals surface area contributed by atoms with E-state index in [2.05, 4.69) is 26.1 Å². The second-order valence-electron chi connectivity index (χ2n) is 5.36. The van der Waals surface area contributed by atoms with Crippen LogP contribution in [0.25, 0.3) is 0 Å². The molecule has 0 aliphatic rings. The third-order valence-electron chi connectivity index (χ3n) is 3.10. The summed E-state index contributed by atoms with van der Waals surface area (Å²) in [5, 5.41) is 3.25. The van der Waals surface area contributed by atoms with Crippen molar-refractivity contribution in [3.63, 3.8) is 0 Å². The van der Waals surface area contributed by atoms with E-state index in [0.717, 1.165) is 30.9 Å². The van der Waals surface area contributed by atoms with Crippen LogP contribution in [-0.4, -0.2) is 25.0 Å². The molecule has 0 aromatic heterocycles. The summed E-state index contributed by atoms with van der Waals surface area (Å²) in [5.74, 6) is 1.02. The van der Waals surface area contributed by atoms with Crippen LogP contribution in [0, 0.1) is 0 Å². The fourth-order valence-electron chi connectivity index (χ4n) is 1.90. The van der Waals surface area contributed by atoms with Gasteiger partial charge in [-0.05, 0) is 30.7 Å². The minimum Gasteiger partial charge on any atom is -0.494 e. The quantitative estimate of drug-likeness (QED) is 0.518. The molecule has 0 atom stereocenters. The molecule has 0 heterocycles. The Morgan fingerprint density at radius 1 is 1.19 bits per heavy atom. The molecular formula is C17H28ClNO2. The highest BCUT2D eigenvalue weighted by Crippen LogP contribution is 2.14. The van der Waals surface area contributed by atoms with Crippen molar-refractivity contribution in [1.29, 1.82) is 0 Å². The highest BCUT2D eigenvalue weighted by atomic mass is 35.5. The molecule has 0 spiro atoms. The molecule has 3 nitrogen and oxygen atoms in total. The summed E-state index contributed by atoms with van der Waals surface area (Å²) >= 11 is 0. The third-order valence-corrected chi connectivity index (χ3v) is 3.10. The van der Waals surface area contributed by atoms with E-state index >= 15 is 0 Å². The second kappa shape index (κ2) is 11.6. The first-order valence-corrected chi connectivity index (χ1v) is 7.63. The van der Waals surface area contributed by atoms with Gasteiger partial charge in [-0.25, -0.2) is 0 Å². The maximum atomic E-state index is 12.0. The number of unbranched alkanes of at least 4 members (excludes halogenated alkanes) is 2. The van der Waals surface area contributed by atoms with Gasteiger partial charge in [-0.1, -0.05) is 33.6 Å². The van der Waals surface area contributed by atoms with E-state index < -0.39 is 0 Å². The Morgan fingerprint density at radius 3 is 2.43 bits per heavy atom. The van der Waals surface area contributed by atoms with Crippen LogP contribution in [0.3, 0.4) is 0 Å². The number of hydrogen-bond acceptors (Lipinski definition) is 3. The van der Waals surface area contributed by atoms with Crippen molar-refractivity contribution in [2.75, 3.05) is 13.2 Å². The van der Waals surface area contributed by atoms with Crippen molar-refractivity contribution in [2.24, 2.45) is 0 Å². The lowest BCUT2D eigenvalue weighted by molar-refractivity contribution is 0.0982. The molecule has 0 bridgehead atoms. The minimum absolute atomic E-state index is 0. The molecule has 1 N–H and O–H groups in total. The monoisotopic (exact) mass is 313 g/mol. The van der Waals surface area contributed by atoms with Gasteiger partial charge in [-0.15, -0.1) is 12.4 Å². The fraction of sp³-hybridized carbons (Fsp3) is 0.588. The number of rotatable bonds is 10. The van der Waals surface area contributed by atoms with Crippen molar-refractivity contribution >= 4 is 18.2 Å². The van der Waals surface area contributed by atoms with E-state index in [1.165, 1.54) is 12.8 Å². The highest BCUT2D eigenvalue weighted by Gasteiger charge is 2.06. The standard InChI is InChI=1S/C17H27NO2.ClH/c1-4-5-6-13-20-16-9-7-15(8-10-16)17(19)11-12-18-14(2)3;/h7-10,14,18H,4-6,11-13H2,1-3H3;1H. The van der Waals surface area contributed by atoms with Gasteiger partial charge < -0.3 is 10.1 Å². The lowest BCUT2D eigenvalue weighted by Crippen LogP contribution is -2.25. The molecule has 0 fully saturated rings. The summed E-state index contributed by atoms with van der Waals surface area (Å²) in [4.78, 5) is 12.0. The number of Topliss-reactive ketones (excluding diaryl/α,β-unsaturated/α-hetero) is 1. The molecule has 0 aliphatic heterocycles. The molecule has 1 rings (SSSR count). The molecule has 0 aliphatic carbocycles. The van der Waals surface area contributed by atoms with Crippen LogP contribution in [0.1, 0.15) is 56.8 Å². The Bertz CT molecular complexity index is 390.